The maximum atomic E-state index is 6.35. The van der Waals surface area contributed by atoms with Gasteiger partial charge in [0, 0.05) is 5.69 Å². The van der Waals surface area contributed by atoms with Crippen molar-refractivity contribution < 1.29 is 9.47 Å². The number of hydrogen-bond donors (Lipinski definition) is 0. The lowest BCUT2D eigenvalue weighted by Gasteiger charge is -2.12. The molecule has 1 aromatic carbocycles. The average molecular weight is 389 g/mol. The van der Waals surface area contributed by atoms with Crippen LogP contribution in [0.4, 0.5) is 0 Å². The van der Waals surface area contributed by atoms with Crippen molar-refractivity contribution in [3.05, 3.63) is 46.5 Å². The van der Waals surface area contributed by atoms with E-state index in [0.717, 1.165) is 23.4 Å². The first-order chi connectivity index (χ1) is 13.0. The van der Waals surface area contributed by atoms with Crippen molar-refractivity contribution >= 4 is 17.8 Å². The predicted octanol–water partition coefficient (Wildman–Crippen LogP) is 3.41. The van der Waals surface area contributed by atoms with Crippen LogP contribution in [0.15, 0.2) is 29.6 Å². The summed E-state index contributed by atoms with van der Waals surface area (Å²) in [6, 6.07) is 5.54. The Hall–Kier alpha value is -2.87. The highest BCUT2D eigenvalue weighted by Crippen LogP contribution is 2.36. The fraction of sp³-hybridized carbons (Fsp3) is 0.333. The van der Waals surface area contributed by atoms with Crippen molar-refractivity contribution in [2.24, 2.45) is 5.10 Å². The number of rotatable bonds is 7. The van der Waals surface area contributed by atoms with Gasteiger partial charge in [-0.25, -0.2) is 4.68 Å². The molecule has 2 aromatic heterocycles. The quantitative estimate of drug-likeness (QED) is 0.579. The molecule has 0 bridgehead atoms. The van der Waals surface area contributed by atoms with E-state index in [9.17, 15) is 0 Å². The first kappa shape index (κ1) is 18.9. The highest BCUT2D eigenvalue weighted by Gasteiger charge is 2.13. The summed E-state index contributed by atoms with van der Waals surface area (Å²) in [6.45, 7) is 6.46. The van der Waals surface area contributed by atoms with Gasteiger partial charge in [-0.3, -0.25) is 0 Å². The summed E-state index contributed by atoms with van der Waals surface area (Å²) < 4.78 is 14.3. The summed E-state index contributed by atoms with van der Waals surface area (Å²) in [5.41, 5.74) is 2.60. The van der Waals surface area contributed by atoms with Gasteiger partial charge in [-0.2, -0.15) is 14.9 Å². The normalized spacial score (nSPS) is 11.3. The van der Waals surface area contributed by atoms with Gasteiger partial charge in [-0.05, 0) is 44.0 Å². The Balaban J connectivity index is 1.90. The molecule has 0 aliphatic rings. The lowest BCUT2D eigenvalue weighted by molar-refractivity contribution is 0.294. The van der Waals surface area contributed by atoms with Gasteiger partial charge in [-0.1, -0.05) is 18.5 Å². The molecule has 0 aliphatic heterocycles. The van der Waals surface area contributed by atoms with Gasteiger partial charge in [0.2, 0.25) is 0 Å². The maximum Gasteiger partial charge on any atom is 0.273 e. The number of nitrogens with zero attached hydrogens (tertiary/aromatic N) is 6. The van der Waals surface area contributed by atoms with Crippen molar-refractivity contribution in [1.82, 2.24) is 24.7 Å². The molecule has 9 heteroatoms. The largest absolute Gasteiger partial charge is 0.493 e. The number of aryl methyl sites for hydroxylation is 2. The van der Waals surface area contributed by atoms with Gasteiger partial charge < -0.3 is 9.47 Å². The molecule has 3 aromatic rings. The maximum absolute atomic E-state index is 6.35. The Morgan fingerprint density at radius 3 is 2.74 bits per heavy atom. The van der Waals surface area contributed by atoms with E-state index < -0.39 is 0 Å². The number of halogens is 1. The highest BCUT2D eigenvalue weighted by molar-refractivity contribution is 6.32. The second-order valence-electron chi connectivity index (χ2n) is 5.94. The smallest absolute Gasteiger partial charge is 0.273 e. The molecule has 0 spiro atoms. The van der Waals surface area contributed by atoms with Crippen LogP contribution >= 0.6 is 11.6 Å². The molecule has 0 fully saturated rings. The Kier molecular flexibility index (Phi) is 5.75. The van der Waals surface area contributed by atoms with E-state index >= 15 is 0 Å². The Labute approximate surface area is 162 Å². The van der Waals surface area contributed by atoms with Crippen LogP contribution in [0.3, 0.4) is 0 Å². The highest BCUT2D eigenvalue weighted by atomic mass is 35.5. The molecular weight excluding hydrogens is 368 g/mol. The SMILES string of the molecule is CCCOc1c(Cl)cc(/C=N\n2cnnc2-n2nc(C)cc2C)cc1OC. The molecule has 0 atom stereocenters. The lowest BCUT2D eigenvalue weighted by Crippen LogP contribution is -2.06. The van der Waals surface area contributed by atoms with Crippen molar-refractivity contribution in [2.45, 2.75) is 27.2 Å². The number of hydrogen-bond acceptors (Lipinski definition) is 6. The lowest BCUT2D eigenvalue weighted by atomic mass is 10.2. The Morgan fingerprint density at radius 2 is 2.07 bits per heavy atom. The van der Waals surface area contributed by atoms with Crippen LogP contribution in [-0.4, -0.2) is 44.6 Å². The third-order valence-corrected chi connectivity index (χ3v) is 4.03. The minimum atomic E-state index is 0.465. The molecule has 8 nitrogen and oxygen atoms in total. The minimum Gasteiger partial charge on any atom is -0.493 e. The predicted molar refractivity (Wildman–Crippen MR) is 103 cm³/mol. The van der Waals surface area contributed by atoms with E-state index in [0.29, 0.717) is 29.1 Å². The molecule has 142 valence electrons. The monoisotopic (exact) mass is 388 g/mol. The zero-order valence-corrected chi connectivity index (χ0v) is 16.4. The van der Waals surface area contributed by atoms with Crippen LogP contribution < -0.4 is 9.47 Å². The van der Waals surface area contributed by atoms with E-state index in [1.54, 1.807) is 28.7 Å². The van der Waals surface area contributed by atoms with Crippen LogP contribution in [0.5, 0.6) is 11.5 Å². The first-order valence-electron chi connectivity index (χ1n) is 8.51. The van der Waals surface area contributed by atoms with Crippen LogP contribution in [0.2, 0.25) is 5.02 Å². The summed E-state index contributed by atoms with van der Waals surface area (Å²) in [7, 11) is 1.58. The van der Waals surface area contributed by atoms with Gasteiger partial charge in [0.1, 0.15) is 6.33 Å². The van der Waals surface area contributed by atoms with Gasteiger partial charge in [0.05, 0.1) is 30.6 Å². The molecule has 0 saturated heterocycles. The van der Waals surface area contributed by atoms with Crippen LogP contribution in [-0.2, 0) is 0 Å². The second kappa shape index (κ2) is 8.22. The molecule has 0 radical (unpaired) electrons. The van der Waals surface area contributed by atoms with Crippen molar-refractivity contribution in [3.63, 3.8) is 0 Å². The van der Waals surface area contributed by atoms with Gasteiger partial charge >= 0.3 is 0 Å². The van der Waals surface area contributed by atoms with E-state index in [2.05, 4.69) is 20.4 Å². The standard InChI is InChI=1S/C18H21ClN6O2/c1-5-6-27-17-15(19)8-14(9-16(17)26-4)10-21-24-11-20-22-18(24)25-13(3)7-12(2)23-25/h7-11H,5-6H2,1-4H3/b21-10-. The van der Waals surface area contributed by atoms with Crippen LogP contribution in [0.1, 0.15) is 30.3 Å². The molecule has 27 heavy (non-hydrogen) atoms. The molecule has 0 aliphatic carbocycles. The number of aromatic nitrogens is 5. The summed E-state index contributed by atoms with van der Waals surface area (Å²) in [6.07, 6.45) is 4.04. The van der Waals surface area contributed by atoms with Crippen molar-refractivity contribution in [1.29, 1.82) is 0 Å². The van der Waals surface area contributed by atoms with Crippen molar-refractivity contribution in [3.8, 4) is 17.4 Å². The minimum absolute atomic E-state index is 0.465. The molecule has 0 saturated carbocycles. The zero-order chi connectivity index (χ0) is 19.4. The molecule has 2 heterocycles. The average Bonchev–Trinajstić information content (AvgIpc) is 3.23. The molecular formula is C18H21ClN6O2. The summed E-state index contributed by atoms with van der Waals surface area (Å²) in [5, 5.41) is 17.3. The Morgan fingerprint density at radius 1 is 1.26 bits per heavy atom. The van der Waals surface area contributed by atoms with Crippen LogP contribution in [0.25, 0.3) is 5.95 Å². The summed E-state index contributed by atoms with van der Waals surface area (Å²) in [5.74, 6) is 1.59. The fourth-order valence-corrected chi connectivity index (χ4v) is 2.84. The van der Waals surface area contributed by atoms with Gasteiger partial charge in [0.15, 0.2) is 11.5 Å². The van der Waals surface area contributed by atoms with Gasteiger partial charge in [-0.15, -0.1) is 10.2 Å². The fourth-order valence-electron chi connectivity index (χ4n) is 2.56. The van der Waals surface area contributed by atoms with Gasteiger partial charge in [0.25, 0.3) is 5.95 Å². The molecule has 0 N–H and O–H groups in total. The third-order valence-electron chi connectivity index (χ3n) is 3.75. The first-order valence-corrected chi connectivity index (χ1v) is 8.89. The summed E-state index contributed by atoms with van der Waals surface area (Å²) in [4.78, 5) is 0. The van der Waals surface area contributed by atoms with E-state index in [4.69, 9.17) is 21.1 Å². The van der Waals surface area contributed by atoms with Crippen molar-refractivity contribution in [2.75, 3.05) is 13.7 Å². The van der Waals surface area contributed by atoms with E-state index in [1.165, 1.54) is 6.33 Å². The molecule has 0 unspecified atom stereocenters. The Bertz CT molecular complexity index is 963. The molecule has 3 rings (SSSR count). The van der Waals surface area contributed by atoms with E-state index in [1.807, 2.05) is 32.9 Å². The number of methoxy groups -OCH3 is 1. The molecule has 0 amide bonds. The third kappa shape index (κ3) is 4.11. The summed E-state index contributed by atoms with van der Waals surface area (Å²) >= 11 is 6.35. The zero-order valence-electron chi connectivity index (χ0n) is 15.7. The second-order valence-corrected chi connectivity index (χ2v) is 6.35. The van der Waals surface area contributed by atoms with E-state index in [-0.39, 0.29) is 0 Å². The number of ether oxygens (including phenoxy) is 2. The number of benzene rings is 1. The van der Waals surface area contributed by atoms with Crippen LogP contribution in [0, 0.1) is 13.8 Å². The topological polar surface area (TPSA) is 79.4 Å².